The highest BCUT2D eigenvalue weighted by Crippen LogP contribution is 2.41. The highest BCUT2D eigenvalue weighted by atomic mass is 19.1. The van der Waals surface area contributed by atoms with Crippen LogP contribution >= 0.6 is 0 Å². The first-order valence-electron chi connectivity index (χ1n) is 7.07. The average Bonchev–Trinajstić information content (AvgIpc) is 2.61. The molecule has 3 N–H and O–H groups in total. The second kappa shape index (κ2) is 4.76. The summed E-state index contributed by atoms with van der Waals surface area (Å²) in [6.45, 7) is 2.05. The van der Waals surface area contributed by atoms with Crippen molar-refractivity contribution in [1.29, 1.82) is 0 Å². The summed E-state index contributed by atoms with van der Waals surface area (Å²) in [5.74, 6) is -0.334. The zero-order chi connectivity index (χ0) is 13.6. The first kappa shape index (κ1) is 12.9. The fourth-order valence-electron chi connectivity index (χ4n) is 3.90. The number of nitrogens with two attached hydrogens (primary N) is 1. The highest BCUT2D eigenvalue weighted by Gasteiger charge is 2.42. The molecule has 2 bridgehead atoms. The largest absolute Gasteiger partial charge is 0.508 e. The van der Waals surface area contributed by atoms with Gasteiger partial charge in [-0.1, -0.05) is 6.07 Å². The van der Waals surface area contributed by atoms with Gasteiger partial charge < -0.3 is 10.8 Å². The molecule has 0 saturated carbocycles. The number of phenols is 1. The Hall–Kier alpha value is -1.13. The number of aromatic hydroxyl groups is 1. The van der Waals surface area contributed by atoms with Gasteiger partial charge in [0.1, 0.15) is 11.6 Å². The van der Waals surface area contributed by atoms with Crippen LogP contribution in [0.25, 0.3) is 0 Å². The molecule has 0 spiro atoms. The number of piperidine rings is 1. The van der Waals surface area contributed by atoms with Gasteiger partial charge in [-0.15, -0.1) is 0 Å². The van der Waals surface area contributed by atoms with Crippen LogP contribution in [0.1, 0.15) is 44.2 Å². The molecule has 19 heavy (non-hydrogen) atoms. The van der Waals surface area contributed by atoms with Gasteiger partial charge in [0, 0.05) is 35.8 Å². The summed E-state index contributed by atoms with van der Waals surface area (Å²) in [7, 11) is 0. The van der Waals surface area contributed by atoms with Gasteiger partial charge in [-0.25, -0.2) is 4.39 Å². The van der Waals surface area contributed by atoms with Crippen LogP contribution in [0.4, 0.5) is 4.39 Å². The summed E-state index contributed by atoms with van der Waals surface area (Å²) < 4.78 is 14.0. The minimum atomic E-state index is -0.318. The van der Waals surface area contributed by atoms with Crippen LogP contribution in [-0.2, 0) is 0 Å². The number of fused-ring (bicyclic) bond motifs is 2. The van der Waals surface area contributed by atoms with Gasteiger partial charge in [-0.3, -0.25) is 4.90 Å². The van der Waals surface area contributed by atoms with E-state index in [-0.39, 0.29) is 17.6 Å². The van der Waals surface area contributed by atoms with Gasteiger partial charge in [-0.2, -0.15) is 0 Å². The molecule has 2 heterocycles. The van der Waals surface area contributed by atoms with E-state index < -0.39 is 0 Å². The molecule has 2 fully saturated rings. The fraction of sp³-hybridized carbons (Fsp3) is 0.600. The number of phenolic OH excluding ortho intramolecular Hbond substituents is 1. The van der Waals surface area contributed by atoms with E-state index in [1.165, 1.54) is 18.9 Å². The Kier molecular flexibility index (Phi) is 3.23. The zero-order valence-electron chi connectivity index (χ0n) is 11.2. The number of hydrogen-bond donors (Lipinski definition) is 2. The van der Waals surface area contributed by atoms with Gasteiger partial charge in [0.05, 0.1) is 0 Å². The molecule has 2 aliphatic heterocycles. The first-order chi connectivity index (χ1) is 9.06. The summed E-state index contributed by atoms with van der Waals surface area (Å²) in [6, 6.07) is 5.77. The first-order valence-corrected chi connectivity index (χ1v) is 7.07. The standard InChI is InChI=1S/C15H21FN2O/c1-9(14-5-4-13(19)8-15(14)16)18-11-2-3-12(18)7-10(17)6-11/h4-5,8-12,19H,2-3,6-7,17H2,1H3. The van der Waals surface area contributed by atoms with Gasteiger partial charge in [-0.05, 0) is 38.7 Å². The van der Waals surface area contributed by atoms with Crippen molar-refractivity contribution in [3.05, 3.63) is 29.6 Å². The van der Waals surface area contributed by atoms with Crippen LogP contribution in [0.15, 0.2) is 18.2 Å². The molecule has 3 atom stereocenters. The fourth-order valence-corrected chi connectivity index (χ4v) is 3.90. The van der Waals surface area contributed by atoms with E-state index in [1.807, 2.05) is 0 Å². The van der Waals surface area contributed by atoms with Crippen LogP contribution in [0.5, 0.6) is 5.75 Å². The van der Waals surface area contributed by atoms with Crippen molar-refractivity contribution in [1.82, 2.24) is 4.90 Å². The number of nitrogens with zero attached hydrogens (tertiary/aromatic N) is 1. The van der Waals surface area contributed by atoms with Crippen LogP contribution in [0.3, 0.4) is 0 Å². The lowest BCUT2D eigenvalue weighted by Gasteiger charge is -2.41. The lowest BCUT2D eigenvalue weighted by molar-refractivity contribution is 0.0836. The van der Waals surface area contributed by atoms with E-state index in [2.05, 4.69) is 11.8 Å². The average molecular weight is 264 g/mol. The van der Waals surface area contributed by atoms with Crippen molar-refractivity contribution < 1.29 is 9.50 Å². The van der Waals surface area contributed by atoms with E-state index in [1.54, 1.807) is 12.1 Å². The minimum absolute atomic E-state index is 0.0166. The summed E-state index contributed by atoms with van der Waals surface area (Å²) in [5.41, 5.74) is 6.74. The molecule has 2 saturated heterocycles. The molecule has 3 nitrogen and oxygen atoms in total. The maximum atomic E-state index is 14.0. The monoisotopic (exact) mass is 264 g/mol. The van der Waals surface area contributed by atoms with E-state index in [4.69, 9.17) is 5.73 Å². The molecule has 3 rings (SSSR count). The molecule has 1 aromatic carbocycles. The van der Waals surface area contributed by atoms with Crippen LogP contribution < -0.4 is 5.73 Å². The highest BCUT2D eigenvalue weighted by molar-refractivity contribution is 5.30. The Labute approximate surface area is 113 Å². The smallest absolute Gasteiger partial charge is 0.131 e. The van der Waals surface area contributed by atoms with Gasteiger partial charge in [0.15, 0.2) is 0 Å². The number of hydrogen-bond acceptors (Lipinski definition) is 3. The molecule has 0 amide bonds. The Bertz CT molecular complexity index is 465. The molecular weight excluding hydrogens is 243 g/mol. The summed E-state index contributed by atoms with van der Waals surface area (Å²) >= 11 is 0. The molecule has 0 aromatic heterocycles. The Balaban J connectivity index is 1.86. The Morgan fingerprint density at radius 1 is 1.32 bits per heavy atom. The van der Waals surface area contributed by atoms with Crippen LogP contribution in [0, 0.1) is 5.82 Å². The van der Waals surface area contributed by atoms with Gasteiger partial charge in [0.2, 0.25) is 0 Å². The summed E-state index contributed by atoms with van der Waals surface area (Å²) in [5, 5.41) is 9.31. The molecule has 3 unspecified atom stereocenters. The second-order valence-corrected chi connectivity index (χ2v) is 5.95. The normalized spacial score (nSPS) is 32.5. The number of rotatable bonds is 2. The van der Waals surface area contributed by atoms with Gasteiger partial charge in [0.25, 0.3) is 0 Å². The zero-order valence-corrected chi connectivity index (χ0v) is 11.2. The van der Waals surface area contributed by atoms with Crippen molar-refractivity contribution in [2.45, 2.75) is 56.8 Å². The summed E-state index contributed by atoms with van der Waals surface area (Å²) in [4.78, 5) is 2.43. The van der Waals surface area contributed by atoms with Crippen molar-refractivity contribution >= 4 is 0 Å². The molecule has 0 aliphatic carbocycles. The van der Waals surface area contributed by atoms with E-state index in [0.717, 1.165) is 12.8 Å². The molecule has 104 valence electrons. The predicted molar refractivity (Wildman–Crippen MR) is 72.3 cm³/mol. The second-order valence-electron chi connectivity index (χ2n) is 5.95. The lowest BCUT2D eigenvalue weighted by Crippen LogP contribution is -2.48. The third-order valence-electron chi connectivity index (χ3n) is 4.71. The SMILES string of the molecule is CC(c1ccc(O)cc1F)N1C2CCC1CC(N)C2. The van der Waals surface area contributed by atoms with Crippen LogP contribution in [0.2, 0.25) is 0 Å². The maximum absolute atomic E-state index is 14.0. The van der Waals surface area contributed by atoms with E-state index in [9.17, 15) is 9.50 Å². The van der Waals surface area contributed by atoms with Crippen molar-refractivity contribution in [3.8, 4) is 5.75 Å². The maximum Gasteiger partial charge on any atom is 0.131 e. The minimum Gasteiger partial charge on any atom is -0.508 e. The quantitative estimate of drug-likeness (QED) is 0.863. The topological polar surface area (TPSA) is 49.5 Å². The number of halogens is 1. The Morgan fingerprint density at radius 3 is 2.53 bits per heavy atom. The Morgan fingerprint density at radius 2 is 1.95 bits per heavy atom. The number of benzene rings is 1. The molecule has 2 aliphatic rings. The third-order valence-corrected chi connectivity index (χ3v) is 4.71. The molecular formula is C15H21FN2O. The van der Waals surface area contributed by atoms with E-state index >= 15 is 0 Å². The molecule has 1 aromatic rings. The van der Waals surface area contributed by atoms with Crippen molar-refractivity contribution in [2.75, 3.05) is 0 Å². The van der Waals surface area contributed by atoms with Crippen LogP contribution in [-0.4, -0.2) is 28.1 Å². The third kappa shape index (κ3) is 2.23. The van der Waals surface area contributed by atoms with E-state index in [0.29, 0.717) is 23.7 Å². The lowest BCUT2D eigenvalue weighted by atomic mass is 9.94. The predicted octanol–water partition coefficient (Wildman–Crippen LogP) is 2.55. The molecule has 0 radical (unpaired) electrons. The van der Waals surface area contributed by atoms with Gasteiger partial charge >= 0.3 is 0 Å². The molecule has 4 heteroatoms. The van der Waals surface area contributed by atoms with Crippen molar-refractivity contribution in [2.24, 2.45) is 5.73 Å². The summed E-state index contributed by atoms with van der Waals surface area (Å²) in [6.07, 6.45) is 4.37. The van der Waals surface area contributed by atoms with Crippen molar-refractivity contribution in [3.63, 3.8) is 0 Å².